The van der Waals surface area contributed by atoms with Crippen LogP contribution in [0.3, 0.4) is 0 Å². The number of hydroxylamine groups is 1. The molecule has 9 nitrogen and oxygen atoms in total. The second kappa shape index (κ2) is 8.68. The summed E-state index contributed by atoms with van der Waals surface area (Å²) in [6.45, 7) is 5.37. The second-order valence-electron chi connectivity index (χ2n) is 7.67. The molecule has 0 unspecified atom stereocenters. The van der Waals surface area contributed by atoms with Gasteiger partial charge in [-0.2, -0.15) is 4.31 Å². The first-order valence-corrected chi connectivity index (χ1v) is 10.8. The Morgan fingerprint density at radius 1 is 1.27 bits per heavy atom. The number of carbonyl (C=O) groups excluding carboxylic acids is 1. The molecule has 0 radical (unpaired) electrons. The van der Waals surface area contributed by atoms with Gasteiger partial charge in [-0.3, -0.25) is 15.0 Å². The smallest absolute Gasteiger partial charge is 0.264 e. The molecule has 1 saturated heterocycles. The Balaban J connectivity index is 1.82. The topological polar surface area (TPSA) is 118 Å². The summed E-state index contributed by atoms with van der Waals surface area (Å²) in [5, 5.41) is 9.08. The van der Waals surface area contributed by atoms with Crippen LogP contribution in [0.15, 0.2) is 53.7 Å². The highest BCUT2D eigenvalue weighted by Gasteiger charge is 2.48. The van der Waals surface area contributed by atoms with Crippen LogP contribution < -0.4 is 10.2 Å². The average Bonchev–Trinajstić information content (AvgIpc) is 2.71. The van der Waals surface area contributed by atoms with Gasteiger partial charge in [0.05, 0.1) is 16.6 Å². The molecular formula is C20H25N3O6S. The van der Waals surface area contributed by atoms with Crippen LogP contribution in [0.1, 0.15) is 26.3 Å². The van der Waals surface area contributed by atoms with Gasteiger partial charge in [-0.15, -0.1) is 0 Å². The van der Waals surface area contributed by atoms with E-state index in [1.807, 2.05) is 12.1 Å². The monoisotopic (exact) mass is 435 g/mol. The molecule has 162 valence electrons. The number of aromatic nitrogens is 1. The standard InChI is InChI=1S/C20H25N3O6S/c1-14-18(19(24)22-25)23(13-20(2,3)29-14)30(26,27)17-6-4-16(5-7-17)28-12-15-8-10-21-11-9-15/h4-11,14,18,25H,12-13H2,1-3H3,(H,22,24)/t14-,18+/m0/s1. The van der Waals surface area contributed by atoms with Crippen LogP contribution in [0.25, 0.3) is 0 Å². The molecule has 1 aliphatic heterocycles. The lowest BCUT2D eigenvalue weighted by Crippen LogP contribution is -2.63. The summed E-state index contributed by atoms with van der Waals surface area (Å²) in [6, 6.07) is 8.43. The zero-order valence-electron chi connectivity index (χ0n) is 17.0. The van der Waals surface area contributed by atoms with E-state index in [9.17, 15) is 13.2 Å². The second-order valence-corrected chi connectivity index (χ2v) is 9.56. The van der Waals surface area contributed by atoms with Crippen molar-refractivity contribution in [3.8, 4) is 5.75 Å². The number of hydrogen-bond acceptors (Lipinski definition) is 7. The van der Waals surface area contributed by atoms with E-state index in [0.29, 0.717) is 12.4 Å². The summed E-state index contributed by atoms with van der Waals surface area (Å²) in [5.41, 5.74) is 1.67. The lowest BCUT2D eigenvalue weighted by atomic mass is 10.0. The van der Waals surface area contributed by atoms with E-state index in [-0.39, 0.29) is 11.4 Å². The van der Waals surface area contributed by atoms with Crippen molar-refractivity contribution in [2.75, 3.05) is 6.54 Å². The Kier molecular flexibility index (Phi) is 6.41. The molecule has 0 bridgehead atoms. The highest BCUT2D eigenvalue weighted by atomic mass is 32.2. The van der Waals surface area contributed by atoms with Crippen molar-refractivity contribution in [2.45, 2.75) is 50.0 Å². The van der Waals surface area contributed by atoms with E-state index >= 15 is 0 Å². The molecule has 1 fully saturated rings. The number of nitrogens with zero attached hydrogens (tertiary/aromatic N) is 2. The summed E-state index contributed by atoms with van der Waals surface area (Å²) in [4.78, 5) is 16.1. The number of benzene rings is 1. The van der Waals surface area contributed by atoms with Crippen molar-refractivity contribution in [1.82, 2.24) is 14.8 Å². The number of nitrogens with one attached hydrogen (secondary N) is 1. The average molecular weight is 436 g/mol. The van der Waals surface area contributed by atoms with Crippen molar-refractivity contribution in [3.05, 3.63) is 54.4 Å². The molecule has 10 heteroatoms. The molecule has 2 N–H and O–H groups in total. The van der Waals surface area contributed by atoms with Gasteiger partial charge in [0.1, 0.15) is 18.4 Å². The fourth-order valence-electron chi connectivity index (χ4n) is 3.45. The number of pyridine rings is 1. The van der Waals surface area contributed by atoms with Crippen molar-refractivity contribution >= 4 is 15.9 Å². The molecular weight excluding hydrogens is 410 g/mol. The van der Waals surface area contributed by atoms with Crippen molar-refractivity contribution < 1.29 is 27.9 Å². The third kappa shape index (κ3) is 4.78. The summed E-state index contributed by atoms with van der Waals surface area (Å²) < 4.78 is 39.1. The van der Waals surface area contributed by atoms with Gasteiger partial charge >= 0.3 is 0 Å². The SMILES string of the molecule is C[C@@H]1OC(C)(C)CN(S(=O)(=O)c2ccc(OCc3ccncc3)cc2)[C@H]1C(=O)NO. The summed E-state index contributed by atoms with van der Waals surface area (Å²) in [7, 11) is -4.04. The fourth-order valence-corrected chi connectivity index (χ4v) is 5.24. The van der Waals surface area contributed by atoms with E-state index in [4.69, 9.17) is 14.7 Å². The number of hydrogen-bond donors (Lipinski definition) is 2. The number of morpholine rings is 1. The highest BCUT2D eigenvalue weighted by Crippen LogP contribution is 2.31. The van der Waals surface area contributed by atoms with Crippen molar-refractivity contribution in [3.63, 3.8) is 0 Å². The molecule has 2 heterocycles. The number of sulfonamides is 1. The lowest BCUT2D eigenvalue weighted by molar-refractivity contribution is -0.161. The first-order valence-electron chi connectivity index (χ1n) is 9.39. The number of ether oxygens (including phenoxy) is 2. The van der Waals surface area contributed by atoms with Crippen LogP contribution in [0, 0.1) is 0 Å². The third-order valence-corrected chi connectivity index (χ3v) is 6.60. The zero-order valence-corrected chi connectivity index (χ0v) is 17.8. The maximum Gasteiger partial charge on any atom is 0.264 e. The molecule has 2 aromatic rings. The number of rotatable bonds is 6. The predicted octanol–water partition coefficient (Wildman–Crippen LogP) is 1.72. The minimum atomic E-state index is -4.04. The van der Waals surface area contributed by atoms with Gasteiger partial charge in [0.2, 0.25) is 10.0 Å². The Labute approximate surface area is 175 Å². The molecule has 3 rings (SSSR count). The maximum absolute atomic E-state index is 13.3. The van der Waals surface area contributed by atoms with E-state index in [0.717, 1.165) is 9.87 Å². The summed E-state index contributed by atoms with van der Waals surface area (Å²) >= 11 is 0. The largest absolute Gasteiger partial charge is 0.489 e. The maximum atomic E-state index is 13.3. The zero-order chi connectivity index (χ0) is 21.9. The van der Waals surface area contributed by atoms with Crippen LogP contribution in [-0.2, 0) is 26.2 Å². The number of carbonyl (C=O) groups is 1. The van der Waals surface area contributed by atoms with Crippen molar-refractivity contribution in [2.24, 2.45) is 0 Å². The Hall–Kier alpha value is -2.53. The molecule has 1 aliphatic rings. The van der Waals surface area contributed by atoms with Crippen LogP contribution in [0.5, 0.6) is 5.75 Å². The van der Waals surface area contributed by atoms with Crippen molar-refractivity contribution in [1.29, 1.82) is 0 Å². The molecule has 30 heavy (non-hydrogen) atoms. The molecule has 0 spiro atoms. The van der Waals surface area contributed by atoms with Crippen LogP contribution >= 0.6 is 0 Å². The number of amides is 1. The Bertz CT molecular complexity index is 979. The fraction of sp³-hybridized carbons (Fsp3) is 0.400. The van der Waals surface area contributed by atoms with Gasteiger partial charge in [-0.25, -0.2) is 13.9 Å². The van der Waals surface area contributed by atoms with E-state index < -0.39 is 33.7 Å². The Morgan fingerprint density at radius 3 is 2.50 bits per heavy atom. The Morgan fingerprint density at radius 2 is 1.90 bits per heavy atom. The molecule has 1 aromatic heterocycles. The normalized spacial score (nSPS) is 21.7. The molecule has 2 atom stereocenters. The van der Waals surface area contributed by atoms with Crippen LogP contribution in [0.2, 0.25) is 0 Å². The van der Waals surface area contributed by atoms with Crippen LogP contribution in [-0.4, -0.2) is 53.1 Å². The van der Waals surface area contributed by atoms with Gasteiger partial charge in [0, 0.05) is 18.9 Å². The minimum absolute atomic E-state index is 0.0133. The molecule has 0 saturated carbocycles. The van der Waals surface area contributed by atoms with Gasteiger partial charge in [-0.05, 0) is 62.7 Å². The van der Waals surface area contributed by atoms with Gasteiger partial charge in [0.15, 0.2) is 0 Å². The summed E-state index contributed by atoms with van der Waals surface area (Å²) in [6.07, 6.45) is 2.58. The van der Waals surface area contributed by atoms with E-state index in [1.54, 1.807) is 45.3 Å². The van der Waals surface area contributed by atoms with E-state index in [2.05, 4.69) is 4.98 Å². The lowest BCUT2D eigenvalue weighted by Gasteiger charge is -2.45. The molecule has 1 amide bonds. The van der Waals surface area contributed by atoms with Crippen LogP contribution in [0.4, 0.5) is 0 Å². The third-order valence-electron chi connectivity index (χ3n) is 4.76. The van der Waals surface area contributed by atoms with Gasteiger partial charge in [0.25, 0.3) is 5.91 Å². The minimum Gasteiger partial charge on any atom is -0.489 e. The molecule has 0 aliphatic carbocycles. The highest BCUT2D eigenvalue weighted by molar-refractivity contribution is 7.89. The van der Waals surface area contributed by atoms with Gasteiger partial charge < -0.3 is 9.47 Å². The van der Waals surface area contributed by atoms with E-state index in [1.165, 1.54) is 17.6 Å². The predicted molar refractivity (Wildman–Crippen MR) is 107 cm³/mol. The summed E-state index contributed by atoms with van der Waals surface area (Å²) in [5.74, 6) is -0.343. The first kappa shape index (κ1) is 22.2. The quantitative estimate of drug-likeness (QED) is 0.524. The first-order chi connectivity index (χ1) is 14.1. The molecule has 1 aromatic carbocycles. The van der Waals surface area contributed by atoms with Gasteiger partial charge in [-0.1, -0.05) is 0 Å².